The van der Waals surface area contributed by atoms with Gasteiger partial charge in [0.25, 0.3) is 0 Å². The molecule has 3 rings (SSSR count). The van der Waals surface area contributed by atoms with E-state index in [9.17, 15) is 8.42 Å². The van der Waals surface area contributed by atoms with Crippen LogP contribution in [0.1, 0.15) is 0 Å². The molecule has 0 spiro atoms. The number of hydrogen-bond donors (Lipinski definition) is 0. The highest BCUT2D eigenvalue weighted by Gasteiger charge is 2.13. The zero-order chi connectivity index (χ0) is 14.2. The summed E-state index contributed by atoms with van der Waals surface area (Å²) in [7, 11) is -3.41. The second-order valence-corrected chi connectivity index (χ2v) is 6.43. The fourth-order valence-corrected chi connectivity index (χ4v) is 2.63. The van der Waals surface area contributed by atoms with E-state index in [0.717, 1.165) is 22.6 Å². The summed E-state index contributed by atoms with van der Waals surface area (Å²) in [6.07, 6.45) is 2.58. The molecule has 1 aromatic heterocycles. The highest BCUT2D eigenvalue weighted by Crippen LogP contribution is 2.27. The molecule has 20 heavy (non-hydrogen) atoms. The van der Waals surface area contributed by atoms with E-state index in [1.165, 1.54) is 6.20 Å². The van der Waals surface area contributed by atoms with E-state index < -0.39 is 9.84 Å². The highest BCUT2D eigenvalue weighted by atomic mass is 32.2. The van der Waals surface area contributed by atoms with E-state index in [0.29, 0.717) is 5.69 Å². The first-order valence-electron chi connectivity index (χ1n) is 6.07. The molecule has 0 saturated carbocycles. The topological polar surface area (TPSA) is 59.9 Å². The number of hydrogen-bond acceptors (Lipinski definition) is 4. The lowest BCUT2D eigenvalue weighted by atomic mass is 10.0. The summed E-state index contributed by atoms with van der Waals surface area (Å²) in [6.45, 7) is 0. The van der Waals surface area contributed by atoms with Gasteiger partial charge in [0.05, 0.1) is 5.69 Å². The Morgan fingerprint density at radius 1 is 0.950 bits per heavy atom. The summed E-state index contributed by atoms with van der Waals surface area (Å²) in [5, 5.41) is 1.97. The van der Waals surface area contributed by atoms with E-state index >= 15 is 0 Å². The molecule has 0 aliphatic carbocycles. The first-order chi connectivity index (χ1) is 9.55. The van der Waals surface area contributed by atoms with Gasteiger partial charge in [0.2, 0.25) is 15.0 Å². The van der Waals surface area contributed by atoms with E-state index in [-0.39, 0.29) is 5.16 Å². The van der Waals surface area contributed by atoms with Crippen LogP contribution in [0.4, 0.5) is 0 Å². The smallest absolute Gasteiger partial charge is 0.227 e. The molecule has 0 atom stereocenters. The van der Waals surface area contributed by atoms with Crippen molar-refractivity contribution >= 4 is 20.6 Å². The van der Waals surface area contributed by atoms with Crippen molar-refractivity contribution in [2.75, 3.05) is 6.26 Å². The molecule has 3 aromatic rings. The van der Waals surface area contributed by atoms with Gasteiger partial charge in [0.15, 0.2) is 0 Å². The van der Waals surface area contributed by atoms with Crippen molar-refractivity contribution in [2.45, 2.75) is 5.16 Å². The van der Waals surface area contributed by atoms with E-state index in [1.54, 1.807) is 6.07 Å². The van der Waals surface area contributed by atoms with Crippen molar-refractivity contribution in [1.29, 1.82) is 0 Å². The predicted molar refractivity (Wildman–Crippen MR) is 78.1 cm³/mol. The first-order valence-corrected chi connectivity index (χ1v) is 7.96. The van der Waals surface area contributed by atoms with Crippen LogP contribution in [0.3, 0.4) is 0 Å². The SMILES string of the molecule is CS(=O)(=O)c1nccc(-c2cccc3ccccc23)n1. The molecule has 0 aliphatic rings. The predicted octanol–water partition coefficient (Wildman–Crippen LogP) is 2.70. The number of benzene rings is 2. The molecule has 0 unspecified atom stereocenters. The standard InChI is InChI=1S/C15H12N2O2S/c1-20(18,19)15-16-10-9-14(17-15)13-8-4-6-11-5-2-3-7-12(11)13/h2-10H,1H3. The van der Waals surface area contributed by atoms with Crippen LogP contribution >= 0.6 is 0 Å². The molecule has 0 fully saturated rings. The minimum Gasteiger partial charge on any atom is -0.227 e. The third-order valence-corrected chi connectivity index (χ3v) is 3.89. The van der Waals surface area contributed by atoms with Gasteiger partial charge in [-0.25, -0.2) is 18.4 Å². The fourth-order valence-electron chi connectivity index (χ4n) is 2.12. The van der Waals surface area contributed by atoms with Crippen LogP contribution in [0.2, 0.25) is 0 Å². The van der Waals surface area contributed by atoms with Crippen LogP contribution in [-0.4, -0.2) is 24.6 Å². The lowest BCUT2D eigenvalue weighted by Gasteiger charge is -2.06. The van der Waals surface area contributed by atoms with E-state index in [1.807, 2.05) is 42.5 Å². The Morgan fingerprint density at radius 3 is 2.50 bits per heavy atom. The van der Waals surface area contributed by atoms with Crippen molar-refractivity contribution in [1.82, 2.24) is 9.97 Å². The van der Waals surface area contributed by atoms with Gasteiger partial charge in [-0.3, -0.25) is 0 Å². The van der Waals surface area contributed by atoms with Crippen molar-refractivity contribution < 1.29 is 8.42 Å². The summed E-state index contributed by atoms with van der Waals surface area (Å²) in [6, 6.07) is 15.5. The third-order valence-electron chi connectivity index (χ3n) is 3.03. The zero-order valence-corrected chi connectivity index (χ0v) is 11.6. The van der Waals surface area contributed by atoms with Crippen molar-refractivity contribution in [3.05, 3.63) is 54.7 Å². The lowest BCUT2D eigenvalue weighted by molar-refractivity contribution is 0.593. The number of nitrogens with zero attached hydrogens (tertiary/aromatic N) is 2. The number of fused-ring (bicyclic) bond motifs is 1. The molecule has 100 valence electrons. The van der Waals surface area contributed by atoms with Crippen molar-refractivity contribution in [3.8, 4) is 11.3 Å². The molecule has 0 bridgehead atoms. The summed E-state index contributed by atoms with van der Waals surface area (Å²) < 4.78 is 23.1. The average Bonchev–Trinajstić information content (AvgIpc) is 2.46. The van der Waals surface area contributed by atoms with Gasteiger partial charge in [-0.15, -0.1) is 0 Å². The van der Waals surface area contributed by atoms with Crippen LogP contribution in [-0.2, 0) is 9.84 Å². The Kier molecular flexibility index (Phi) is 2.99. The summed E-state index contributed by atoms with van der Waals surface area (Å²) in [5.41, 5.74) is 1.51. The summed E-state index contributed by atoms with van der Waals surface area (Å²) in [4.78, 5) is 7.98. The van der Waals surface area contributed by atoms with Gasteiger partial charge in [0.1, 0.15) is 0 Å². The Morgan fingerprint density at radius 2 is 1.70 bits per heavy atom. The van der Waals surface area contributed by atoms with Gasteiger partial charge in [-0.2, -0.15) is 0 Å². The van der Waals surface area contributed by atoms with Gasteiger partial charge >= 0.3 is 0 Å². The molecule has 0 N–H and O–H groups in total. The first kappa shape index (κ1) is 12.7. The number of sulfone groups is 1. The quantitative estimate of drug-likeness (QED) is 0.679. The molecule has 0 aliphatic heterocycles. The summed E-state index contributed by atoms with van der Waals surface area (Å²) >= 11 is 0. The largest absolute Gasteiger partial charge is 0.247 e. The molecular weight excluding hydrogens is 272 g/mol. The Bertz CT molecular complexity index is 884. The van der Waals surface area contributed by atoms with Gasteiger partial charge < -0.3 is 0 Å². The van der Waals surface area contributed by atoms with Crippen LogP contribution in [0, 0.1) is 0 Å². The lowest BCUT2D eigenvalue weighted by Crippen LogP contribution is -2.04. The third kappa shape index (κ3) is 2.28. The Hall–Kier alpha value is -2.27. The molecule has 0 saturated heterocycles. The molecule has 0 radical (unpaired) electrons. The minimum atomic E-state index is -3.41. The maximum absolute atomic E-state index is 11.6. The van der Waals surface area contributed by atoms with Crippen LogP contribution < -0.4 is 0 Å². The van der Waals surface area contributed by atoms with Crippen LogP contribution in [0.5, 0.6) is 0 Å². The average molecular weight is 284 g/mol. The van der Waals surface area contributed by atoms with Gasteiger partial charge in [-0.05, 0) is 16.8 Å². The Balaban J connectivity index is 2.27. The second-order valence-electron chi connectivity index (χ2n) is 4.52. The Labute approximate surface area is 117 Å². The molecule has 4 nitrogen and oxygen atoms in total. The van der Waals surface area contributed by atoms with E-state index in [2.05, 4.69) is 9.97 Å². The maximum Gasteiger partial charge on any atom is 0.247 e. The second kappa shape index (κ2) is 4.68. The van der Waals surface area contributed by atoms with Crippen molar-refractivity contribution in [2.24, 2.45) is 0 Å². The van der Waals surface area contributed by atoms with E-state index in [4.69, 9.17) is 0 Å². The highest BCUT2D eigenvalue weighted by molar-refractivity contribution is 7.90. The zero-order valence-electron chi connectivity index (χ0n) is 10.8. The normalized spacial score (nSPS) is 11.7. The molecule has 1 heterocycles. The molecule has 2 aromatic carbocycles. The maximum atomic E-state index is 11.6. The number of rotatable bonds is 2. The number of aromatic nitrogens is 2. The fraction of sp³-hybridized carbons (Fsp3) is 0.0667. The van der Waals surface area contributed by atoms with Crippen molar-refractivity contribution in [3.63, 3.8) is 0 Å². The monoisotopic (exact) mass is 284 g/mol. The van der Waals surface area contributed by atoms with Gasteiger partial charge in [-0.1, -0.05) is 42.5 Å². The molecule has 0 amide bonds. The van der Waals surface area contributed by atoms with Crippen LogP contribution in [0.15, 0.2) is 59.9 Å². The van der Waals surface area contributed by atoms with Gasteiger partial charge in [0, 0.05) is 18.0 Å². The minimum absolute atomic E-state index is 0.150. The van der Waals surface area contributed by atoms with Crippen LogP contribution in [0.25, 0.3) is 22.0 Å². The molecular formula is C15H12N2O2S. The molecule has 5 heteroatoms. The summed E-state index contributed by atoms with van der Waals surface area (Å²) in [5.74, 6) is 0.